The van der Waals surface area contributed by atoms with Crippen molar-refractivity contribution in [3.05, 3.63) is 66.5 Å². The molecule has 0 spiro atoms. The first-order chi connectivity index (χ1) is 9.85. The summed E-state index contributed by atoms with van der Waals surface area (Å²) < 4.78 is 1.64. The number of hydrogen-bond acceptors (Lipinski definition) is 2. The maximum Gasteiger partial charge on any atom is 0.337 e. The van der Waals surface area contributed by atoms with E-state index >= 15 is 0 Å². The van der Waals surface area contributed by atoms with E-state index in [0.29, 0.717) is 9.50 Å². The van der Waals surface area contributed by atoms with Crippen LogP contribution in [0.1, 0.15) is 15.9 Å². The van der Waals surface area contributed by atoms with Crippen LogP contribution in [0.2, 0.25) is 10.0 Å². The zero-order chi connectivity index (χ0) is 16.0. The molecule has 0 saturated carbocycles. The lowest BCUT2D eigenvalue weighted by Gasteiger charge is -1.98. The summed E-state index contributed by atoms with van der Waals surface area (Å²) in [6.07, 6.45) is 0. The summed E-state index contributed by atoms with van der Waals surface area (Å²) in [5, 5.41) is 18.2. The number of carbonyl (C=O) groups is 1. The number of halogens is 4. The zero-order valence-corrected chi connectivity index (χ0v) is 15.2. The Morgan fingerprint density at radius 2 is 1.52 bits per heavy atom. The second-order valence-corrected chi connectivity index (χ2v) is 6.47. The first-order valence-corrected chi connectivity index (χ1v) is 7.92. The summed E-state index contributed by atoms with van der Waals surface area (Å²) in [5.74, 6) is -1.02. The van der Waals surface area contributed by atoms with Crippen LogP contribution in [0.15, 0.2) is 45.3 Å². The van der Waals surface area contributed by atoms with E-state index in [0.717, 1.165) is 10.0 Å². The van der Waals surface area contributed by atoms with E-state index in [2.05, 4.69) is 31.9 Å². The van der Waals surface area contributed by atoms with Gasteiger partial charge in [0.05, 0.1) is 17.2 Å². The fourth-order valence-corrected chi connectivity index (χ4v) is 2.47. The molecule has 0 saturated heterocycles. The van der Waals surface area contributed by atoms with E-state index in [-0.39, 0.29) is 17.2 Å². The van der Waals surface area contributed by atoms with E-state index in [1.54, 1.807) is 18.2 Å². The molecular weight excluding hydrogens is 447 g/mol. The SMILES string of the molecule is O=C(O)c1cc(Br)ccc1Cl.OCc1cc(Br)ccc1Cl. The van der Waals surface area contributed by atoms with Crippen LogP contribution in [0.4, 0.5) is 0 Å². The molecule has 0 aliphatic heterocycles. The van der Waals surface area contributed by atoms with Gasteiger partial charge in [0.2, 0.25) is 0 Å². The van der Waals surface area contributed by atoms with Crippen molar-refractivity contribution in [2.75, 3.05) is 0 Å². The molecule has 3 nitrogen and oxygen atoms in total. The standard InChI is InChI=1S/C7H4BrClO2.C7H6BrClO/c8-4-1-2-6(9)5(3-4)7(10)11;8-6-1-2-7(9)5(3-6)4-10/h1-3H,(H,10,11);1-3,10H,4H2. The molecule has 0 aromatic heterocycles. The Kier molecular flexibility index (Phi) is 7.70. The second kappa shape index (κ2) is 8.76. The van der Waals surface area contributed by atoms with Crippen LogP contribution < -0.4 is 0 Å². The highest BCUT2D eigenvalue weighted by Gasteiger charge is 2.07. The van der Waals surface area contributed by atoms with Crippen LogP contribution in [-0.4, -0.2) is 16.2 Å². The third-order valence-electron chi connectivity index (χ3n) is 2.34. The average Bonchev–Trinajstić information content (AvgIpc) is 2.44. The normalized spacial score (nSPS) is 9.76. The van der Waals surface area contributed by atoms with Gasteiger partial charge in [0.25, 0.3) is 0 Å². The van der Waals surface area contributed by atoms with Crippen LogP contribution in [-0.2, 0) is 6.61 Å². The summed E-state index contributed by atoms with van der Waals surface area (Å²) >= 11 is 17.7. The number of hydrogen-bond donors (Lipinski definition) is 2. The van der Waals surface area contributed by atoms with Crippen LogP contribution >= 0.6 is 55.1 Å². The lowest BCUT2D eigenvalue weighted by Crippen LogP contribution is -1.96. The van der Waals surface area contributed by atoms with Gasteiger partial charge in [-0.25, -0.2) is 4.79 Å². The predicted octanol–water partition coefficient (Wildman–Crippen LogP) is 5.40. The minimum atomic E-state index is -1.02. The Bertz CT molecular complexity index is 648. The van der Waals surface area contributed by atoms with Gasteiger partial charge in [0.1, 0.15) is 0 Å². The van der Waals surface area contributed by atoms with Gasteiger partial charge in [-0.15, -0.1) is 0 Å². The van der Waals surface area contributed by atoms with Gasteiger partial charge in [-0.3, -0.25) is 0 Å². The van der Waals surface area contributed by atoms with Gasteiger partial charge in [-0.2, -0.15) is 0 Å². The predicted molar refractivity (Wildman–Crippen MR) is 91.2 cm³/mol. The number of aromatic carboxylic acids is 1. The molecule has 21 heavy (non-hydrogen) atoms. The van der Waals surface area contributed by atoms with Gasteiger partial charge < -0.3 is 10.2 Å². The van der Waals surface area contributed by atoms with Gasteiger partial charge >= 0.3 is 5.97 Å². The van der Waals surface area contributed by atoms with Crippen molar-refractivity contribution in [3.8, 4) is 0 Å². The summed E-state index contributed by atoms with van der Waals surface area (Å²) in [5.41, 5.74) is 0.858. The fourth-order valence-electron chi connectivity index (χ4n) is 1.33. The molecule has 0 atom stereocenters. The van der Waals surface area contributed by atoms with Crippen molar-refractivity contribution < 1.29 is 15.0 Å². The van der Waals surface area contributed by atoms with Crippen LogP contribution in [0.3, 0.4) is 0 Å². The van der Waals surface area contributed by atoms with Gasteiger partial charge in [0, 0.05) is 14.0 Å². The number of carboxylic acid groups (broad SMARTS) is 1. The Balaban J connectivity index is 0.000000211. The Morgan fingerprint density at radius 1 is 1.00 bits per heavy atom. The third kappa shape index (κ3) is 5.96. The maximum absolute atomic E-state index is 10.5. The number of benzene rings is 2. The largest absolute Gasteiger partial charge is 0.478 e. The number of aliphatic hydroxyl groups excluding tert-OH is 1. The topological polar surface area (TPSA) is 57.5 Å². The monoisotopic (exact) mass is 454 g/mol. The third-order valence-corrected chi connectivity index (χ3v) is 4.02. The molecule has 112 valence electrons. The average molecular weight is 457 g/mol. The van der Waals surface area contributed by atoms with E-state index in [1.807, 2.05) is 6.07 Å². The highest BCUT2D eigenvalue weighted by atomic mass is 79.9. The molecule has 0 bridgehead atoms. The highest BCUT2D eigenvalue weighted by Crippen LogP contribution is 2.21. The maximum atomic E-state index is 10.5. The minimum Gasteiger partial charge on any atom is -0.478 e. The van der Waals surface area contributed by atoms with E-state index in [4.69, 9.17) is 33.4 Å². The van der Waals surface area contributed by atoms with Crippen molar-refractivity contribution >= 4 is 61.0 Å². The fraction of sp³-hybridized carbons (Fsp3) is 0.0714. The highest BCUT2D eigenvalue weighted by molar-refractivity contribution is 9.10. The molecule has 0 amide bonds. The molecule has 0 heterocycles. The zero-order valence-electron chi connectivity index (χ0n) is 10.5. The summed E-state index contributed by atoms with van der Waals surface area (Å²) in [6, 6.07) is 10.1. The lowest BCUT2D eigenvalue weighted by molar-refractivity contribution is 0.0697. The van der Waals surface area contributed by atoms with E-state index < -0.39 is 5.97 Å². The lowest BCUT2D eigenvalue weighted by atomic mass is 10.2. The molecular formula is C14H10Br2Cl2O3. The Labute approximate surface area is 148 Å². The summed E-state index contributed by atoms with van der Waals surface area (Å²) in [6.45, 7) is -0.0156. The van der Waals surface area contributed by atoms with Gasteiger partial charge in [-0.05, 0) is 42.0 Å². The second-order valence-electron chi connectivity index (χ2n) is 3.82. The number of rotatable bonds is 2. The van der Waals surface area contributed by atoms with E-state index in [1.165, 1.54) is 12.1 Å². The molecule has 0 aliphatic rings. The first-order valence-electron chi connectivity index (χ1n) is 5.58. The molecule has 7 heteroatoms. The van der Waals surface area contributed by atoms with Crippen molar-refractivity contribution in [1.82, 2.24) is 0 Å². The number of aliphatic hydroxyl groups is 1. The van der Waals surface area contributed by atoms with Crippen molar-refractivity contribution in [3.63, 3.8) is 0 Å². The molecule has 2 aromatic carbocycles. The number of carboxylic acids is 1. The molecule has 0 unspecified atom stereocenters. The summed E-state index contributed by atoms with van der Waals surface area (Å²) in [4.78, 5) is 10.5. The van der Waals surface area contributed by atoms with Gasteiger partial charge in [0.15, 0.2) is 0 Å². The Hall–Kier alpha value is -0.590. The van der Waals surface area contributed by atoms with Crippen LogP contribution in [0.25, 0.3) is 0 Å². The van der Waals surface area contributed by atoms with E-state index in [9.17, 15) is 4.79 Å². The minimum absolute atomic E-state index is 0.0156. The van der Waals surface area contributed by atoms with Gasteiger partial charge in [-0.1, -0.05) is 55.1 Å². The molecule has 2 aromatic rings. The molecule has 0 radical (unpaired) electrons. The van der Waals surface area contributed by atoms with Crippen LogP contribution in [0.5, 0.6) is 0 Å². The smallest absolute Gasteiger partial charge is 0.337 e. The van der Waals surface area contributed by atoms with Crippen LogP contribution in [0, 0.1) is 0 Å². The van der Waals surface area contributed by atoms with Crippen molar-refractivity contribution in [2.24, 2.45) is 0 Å². The summed E-state index contributed by atoms with van der Waals surface area (Å²) in [7, 11) is 0. The first kappa shape index (κ1) is 18.5. The molecule has 2 N–H and O–H groups in total. The quantitative estimate of drug-likeness (QED) is 0.636. The molecule has 2 rings (SSSR count). The molecule has 0 fully saturated rings. The Morgan fingerprint density at radius 3 is 1.95 bits per heavy atom. The van der Waals surface area contributed by atoms with Crippen molar-refractivity contribution in [1.29, 1.82) is 0 Å². The van der Waals surface area contributed by atoms with Crippen molar-refractivity contribution in [2.45, 2.75) is 6.61 Å². The molecule has 0 aliphatic carbocycles.